The number of carboxylic acid groups (broad SMARTS) is 1. The van der Waals surface area contributed by atoms with Gasteiger partial charge in [0.05, 0.1) is 25.0 Å². The number of esters is 2. The summed E-state index contributed by atoms with van der Waals surface area (Å²) in [4.78, 5) is 59.9. The topological polar surface area (TPSA) is 124 Å². The van der Waals surface area contributed by atoms with Crippen LogP contribution in [0.2, 0.25) is 0 Å². The molecule has 0 saturated carbocycles. The molecule has 0 radical (unpaired) electrons. The number of carboxylic acids is 1. The minimum atomic E-state index is -2.05. The molecule has 0 bridgehead atoms. The van der Waals surface area contributed by atoms with E-state index in [0.717, 1.165) is 13.8 Å². The lowest BCUT2D eigenvalue weighted by molar-refractivity contribution is -0.168. The number of carbonyl (C=O) groups excluding carboxylic acids is 4. The Hall–Kier alpha value is -2.25. The van der Waals surface area contributed by atoms with Crippen molar-refractivity contribution >= 4 is 29.5 Å². The Labute approximate surface area is 153 Å². The van der Waals surface area contributed by atoms with Gasteiger partial charge in [0.15, 0.2) is 17.0 Å². The highest BCUT2D eigenvalue weighted by Gasteiger charge is 2.50. The second-order valence-electron chi connectivity index (χ2n) is 6.23. The van der Waals surface area contributed by atoms with Crippen molar-refractivity contribution in [3.8, 4) is 0 Å². The van der Waals surface area contributed by atoms with E-state index in [-0.39, 0.29) is 19.4 Å². The lowest BCUT2D eigenvalue weighted by Crippen LogP contribution is -2.47. The fourth-order valence-electron chi connectivity index (χ4n) is 2.52. The summed E-state index contributed by atoms with van der Waals surface area (Å²) in [6.07, 6.45) is -0.989. The molecule has 26 heavy (non-hydrogen) atoms. The molecule has 0 aromatic rings. The van der Waals surface area contributed by atoms with Crippen LogP contribution in [0.4, 0.5) is 0 Å². The predicted octanol–water partition coefficient (Wildman–Crippen LogP) is 1.93. The summed E-state index contributed by atoms with van der Waals surface area (Å²) >= 11 is 0. The van der Waals surface area contributed by atoms with E-state index in [9.17, 15) is 24.0 Å². The third kappa shape index (κ3) is 6.24. The van der Waals surface area contributed by atoms with Crippen molar-refractivity contribution in [2.24, 2.45) is 11.3 Å². The average molecular weight is 372 g/mol. The molecule has 1 N–H and O–H groups in total. The zero-order valence-corrected chi connectivity index (χ0v) is 16.0. The highest BCUT2D eigenvalue weighted by molar-refractivity contribution is 6.21. The van der Waals surface area contributed by atoms with Crippen molar-refractivity contribution in [3.05, 3.63) is 0 Å². The van der Waals surface area contributed by atoms with Crippen LogP contribution in [0.1, 0.15) is 60.3 Å². The number of Topliss-reactive ketones (excluding diaryl/α,β-unsaturated/α-hetero) is 2. The van der Waals surface area contributed by atoms with E-state index >= 15 is 0 Å². The van der Waals surface area contributed by atoms with Crippen LogP contribution in [-0.4, -0.2) is 47.3 Å². The maximum absolute atomic E-state index is 12.6. The van der Waals surface area contributed by atoms with Gasteiger partial charge in [0, 0.05) is 0 Å². The third-order valence-corrected chi connectivity index (χ3v) is 4.34. The second-order valence-corrected chi connectivity index (χ2v) is 6.23. The molecule has 0 aromatic heterocycles. The van der Waals surface area contributed by atoms with Gasteiger partial charge in [-0.3, -0.25) is 24.0 Å². The summed E-state index contributed by atoms with van der Waals surface area (Å²) in [5, 5.41) is 8.98. The first-order valence-electron chi connectivity index (χ1n) is 8.64. The van der Waals surface area contributed by atoms with Gasteiger partial charge in [-0.15, -0.1) is 0 Å². The maximum Gasteiger partial charge on any atom is 0.327 e. The molecule has 0 spiro atoms. The molecule has 8 heteroatoms. The minimum Gasteiger partial charge on any atom is -0.481 e. The number of rotatable bonds is 12. The molecular formula is C18H28O8. The Balaban J connectivity index is 5.60. The molecule has 0 aliphatic carbocycles. The molecule has 0 aliphatic heterocycles. The van der Waals surface area contributed by atoms with Crippen LogP contribution in [-0.2, 0) is 33.4 Å². The van der Waals surface area contributed by atoms with E-state index in [4.69, 9.17) is 14.6 Å². The minimum absolute atomic E-state index is 0.0650. The first kappa shape index (κ1) is 23.8. The number of aliphatic carboxylic acids is 1. The van der Waals surface area contributed by atoms with E-state index in [1.165, 1.54) is 0 Å². The summed E-state index contributed by atoms with van der Waals surface area (Å²) in [6, 6.07) is 0. The lowest BCUT2D eigenvalue weighted by Gasteiger charge is -2.29. The molecule has 0 fully saturated rings. The van der Waals surface area contributed by atoms with Gasteiger partial charge in [-0.05, 0) is 47.0 Å². The van der Waals surface area contributed by atoms with Gasteiger partial charge in [-0.2, -0.15) is 0 Å². The van der Waals surface area contributed by atoms with Gasteiger partial charge in [-0.1, -0.05) is 6.92 Å². The molecule has 8 nitrogen and oxygen atoms in total. The molecule has 2 unspecified atom stereocenters. The zero-order valence-electron chi connectivity index (χ0n) is 16.0. The number of ether oxygens (including phenoxy) is 2. The fraction of sp³-hybridized carbons (Fsp3) is 0.722. The quantitative estimate of drug-likeness (QED) is 0.407. The van der Waals surface area contributed by atoms with Crippen LogP contribution in [0.5, 0.6) is 0 Å². The highest BCUT2D eigenvalue weighted by atomic mass is 16.5. The molecule has 0 rings (SSSR count). The van der Waals surface area contributed by atoms with E-state index in [0.29, 0.717) is 6.42 Å². The fourth-order valence-corrected chi connectivity index (χ4v) is 2.52. The van der Waals surface area contributed by atoms with Gasteiger partial charge < -0.3 is 14.6 Å². The Bertz CT molecular complexity index is 537. The molecular weight excluding hydrogens is 344 g/mol. The Morgan fingerprint density at radius 2 is 1.58 bits per heavy atom. The van der Waals surface area contributed by atoms with Crippen LogP contribution < -0.4 is 0 Å². The number of carbonyl (C=O) groups is 5. The normalized spacial score (nSPS) is 13.4. The lowest BCUT2D eigenvalue weighted by atomic mass is 9.74. The number of ketones is 2. The van der Waals surface area contributed by atoms with E-state index < -0.39 is 53.3 Å². The molecule has 0 aromatic carbocycles. The SMILES string of the molecule is CCOC(=O)C(CCC(C(C)=O)(C(C)=O)C(=O)OC(C)CC)CC(=O)O. The first-order chi connectivity index (χ1) is 12.0. The van der Waals surface area contributed by atoms with Crippen LogP contribution >= 0.6 is 0 Å². The third-order valence-electron chi connectivity index (χ3n) is 4.34. The Kier molecular flexibility index (Phi) is 9.75. The van der Waals surface area contributed by atoms with Crippen molar-refractivity contribution in [1.82, 2.24) is 0 Å². The highest BCUT2D eigenvalue weighted by Crippen LogP contribution is 2.32. The molecule has 0 heterocycles. The molecule has 0 amide bonds. The van der Waals surface area contributed by atoms with Gasteiger partial charge in [0.1, 0.15) is 0 Å². The largest absolute Gasteiger partial charge is 0.481 e. The summed E-state index contributed by atoms with van der Waals surface area (Å²) in [7, 11) is 0. The van der Waals surface area contributed by atoms with Crippen molar-refractivity contribution in [1.29, 1.82) is 0 Å². The van der Waals surface area contributed by atoms with Crippen LogP contribution in [0.25, 0.3) is 0 Å². The van der Waals surface area contributed by atoms with Gasteiger partial charge >= 0.3 is 17.9 Å². The van der Waals surface area contributed by atoms with Crippen LogP contribution in [0, 0.1) is 11.3 Å². The van der Waals surface area contributed by atoms with Crippen molar-refractivity contribution in [2.75, 3.05) is 6.61 Å². The Morgan fingerprint density at radius 1 is 1.04 bits per heavy atom. The summed E-state index contributed by atoms with van der Waals surface area (Å²) < 4.78 is 10.0. The van der Waals surface area contributed by atoms with Crippen molar-refractivity contribution < 1.29 is 38.6 Å². The van der Waals surface area contributed by atoms with Crippen LogP contribution in [0.15, 0.2) is 0 Å². The zero-order chi connectivity index (χ0) is 20.5. The average Bonchev–Trinajstić information content (AvgIpc) is 2.53. The molecule has 0 aliphatic rings. The van der Waals surface area contributed by atoms with E-state index in [1.807, 2.05) is 0 Å². The van der Waals surface area contributed by atoms with Gasteiger partial charge in [0.2, 0.25) is 0 Å². The summed E-state index contributed by atoms with van der Waals surface area (Å²) in [5.41, 5.74) is -2.05. The molecule has 148 valence electrons. The van der Waals surface area contributed by atoms with Gasteiger partial charge in [0.25, 0.3) is 0 Å². The standard InChI is InChI=1S/C18H28O8/c1-6-11(3)26-17(24)18(12(4)19,13(5)20)9-8-14(10-15(21)22)16(23)25-7-2/h11,14H,6-10H2,1-5H3,(H,21,22). The molecule has 0 saturated heterocycles. The summed E-state index contributed by atoms with van der Waals surface area (Å²) in [6.45, 7) is 7.27. The maximum atomic E-state index is 12.6. The Morgan fingerprint density at radius 3 is 1.96 bits per heavy atom. The van der Waals surface area contributed by atoms with Crippen molar-refractivity contribution in [3.63, 3.8) is 0 Å². The summed E-state index contributed by atoms with van der Waals surface area (Å²) in [5.74, 6) is -5.40. The smallest absolute Gasteiger partial charge is 0.327 e. The monoisotopic (exact) mass is 372 g/mol. The van der Waals surface area contributed by atoms with Crippen LogP contribution in [0.3, 0.4) is 0 Å². The number of hydrogen-bond donors (Lipinski definition) is 1. The first-order valence-corrected chi connectivity index (χ1v) is 8.64. The molecule has 2 atom stereocenters. The van der Waals surface area contributed by atoms with Gasteiger partial charge in [-0.25, -0.2) is 0 Å². The van der Waals surface area contributed by atoms with E-state index in [2.05, 4.69) is 0 Å². The van der Waals surface area contributed by atoms with Crippen molar-refractivity contribution in [2.45, 2.75) is 66.4 Å². The predicted molar refractivity (Wildman–Crippen MR) is 91.2 cm³/mol. The van der Waals surface area contributed by atoms with E-state index in [1.54, 1.807) is 20.8 Å². The second kappa shape index (κ2) is 10.7. The number of hydrogen-bond acceptors (Lipinski definition) is 7.